The minimum absolute atomic E-state index is 0.0138. The molecule has 11 heteroatoms. The summed E-state index contributed by atoms with van der Waals surface area (Å²) in [5.41, 5.74) is 0.960. The van der Waals surface area contributed by atoms with Crippen molar-refractivity contribution < 1.29 is 21.8 Å². The fourth-order valence-corrected chi connectivity index (χ4v) is 5.61. The van der Waals surface area contributed by atoms with Crippen LogP contribution in [-0.2, 0) is 14.3 Å². The number of likely N-dealkylation sites (tertiary alicyclic amines) is 1. The van der Waals surface area contributed by atoms with Gasteiger partial charge in [-0.25, -0.2) is 9.07 Å². The number of benzene rings is 3. The molecule has 0 spiro atoms. The Kier molecular flexibility index (Phi) is 7.19. The minimum atomic E-state index is -4.17. The van der Waals surface area contributed by atoms with E-state index in [0.717, 1.165) is 44.8 Å². The number of aryl methyl sites for hydroxylation is 1. The molecule has 202 valence electrons. The Morgan fingerprint density at radius 2 is 1.72 bits per heavy atom. The third kappa shape index (κ3) is 5.27. The molecule has 2 N–H and O–H groups in total. The summed E-state index contributed by atoms with van der Waals surface area (Å²) in [6.07, 6.45) is 3.12. The molecule has 1 amide bonds. The molecule has 1 fully saturated rings. The lowest BCUT2D eigenvalue weighted by atomic mass is 10.1. The van der Waals surface area contributed by atoms with Gasteiger partial charge in [0, 0.05) is 18.7 Å². The van der Waals surface area contributed by atoms with Crippen molar-refractivity contribution in [1.29, 1.82) is 5.41 Å². The number of nitrogens with one attached hydrogen (secondary N) is 2. The number of rotatable bonds is 6. The normalized spacial score (nSPS) is 14.0. The van der Waals surface area contributed by atoms with Gasteiger partial charge >= 0.3 is 0 Å². The number of amides is 1. The quantitative estimate of drug-likeness (QED) is 0.201. The number of nitrogens with zero attached hydrogens (tertiary/aromatic N) is 3. The number of hydrogen-bond acceptors (Lipinski definition) is 6. The number of anilines is 1. The monoisotopic (exact) mass is 549 g/mol. The lowest BCUT2D eigenvalue weighted by molar-refractivity contribution is 0.101. The van der Waals surface area contributed by atoms with Crippen molar-refractivity contribution in [2.75, 3.05) is 25.5 Å². The van der Waals surface area contributed by atoms with E-state index in [0.29, 0.717) is 16.6 Å². The van der Waals surface area contributed by atoms with Crippen molar-refractivity contribution in [1.82, 2.24) is 14.7 Å². The topological polar surface area (TPSA) is 117 Å². The van der Waals surface area contributed by atoms with Crippen LogP contribution in [0.5, 0.6) is 0 Å². The Bertz CT molecular complexity index is 1690. The van der Waals surface area contributed by atoms with E-state index in [1.807, 2.05) is 17.0 Å². The number of aromatic nitrogens is 2. The Morgan fingerprint density at radius 3 is 2.38 bits per heavy atom. The lowest BCUT2D eigenvalue weighted by Crippen LogP contribution is -2.35. The Morgan fingerprint density at radius 1 is 1.03 bits per heavy atom. The molecule has 0 radical (unpaired) electrons. The van der Waals surface area contributed by atoms with Gasteiger partial charge in [-0.3, -0.25) is 14.4 Å². The summed E-state index contributed by atoms with van der Waals surface area (Å²) in [5, 5.41) is 16.8. The number of fused-ring (bicyclic) bond motifs is 1. The molecule has 0 aliphatic carbocycles. The van der Waals surface area contributed by atoms with Gasteiger partial charge < -0.3 is 10.2 Å². The number of halogens is 1. The van der Waals surface area contributed by atoms with E-state index in [9.17, 15) is 13.2 Å². The maximum Gasteiger partial charge on any atom is 0.298 e. The van der Waals surface area contributed by atoms with Crippen LogP contribution in [0.1, 0.15) is 41.0 Å². The minimum Gasteiger partial charge on any atom is -0.357 e. The fourth-order valence-electron chi connectivity index (χ4n) is 4.76. The molecule has 0 bridgehead atoms. The summed E-state index contributed by atoms with van der Waals surface area (Å²) in [6.45, 7) is 3.19. The molecule has 1 aromatic heterocycles. The first kappa shape index (κ1) is 26.5. The highest BCUT2D eigenvalue weighted by Gasteiger charge is 2.25. The van der Waals surface area contributed by atoms with Gasteiger partial charge in [0.05, 0.1) is 24.2 Å². The largest absolute Gasteiger partial charge is 0.357 e. The first-order chi connectivity index (χ1) is 18.7. The molecule has 2 heterocycles. The van der Waals surface area contributed by atoms with Crippen molar-refractivity contribution in [3.8, 4) is 5.69 Å². The first-order valence-corrected chi connectivity index (χ1v) is 13.9. The van der Waals surface area contributed by atoms with Crippen LogP contribution in [0.2, 0.25) is 0 Å². The molecule has 1 aliphatic rings. The van der Waals surface area contributed by atoms with Crippen molar-refractivity contribution in [2.24, 2.45) is 0 Å². The maximum absolute atomic E-state index is 15.1. The van der Waals surface area contributed by atoms with Crippen molar-refractivity contribution in [3.05, 3.63) is 83.4 Å². The standard InChI is InChI=1S/C28H28FN5O4S/c1-18-14-25(28(35)31-23-11-10-21(15-22(23)29)27(30)33-12-6-3-7-13-33)34(32-18)24-16-19-8-4-5-9-20(19)17-26(24)39(36,37)38-2/h4-5,8-11,14-17,30H,3,6-7,12-13H2,1-2H3,(H,31,35). The van der Waals surface area contributed by atoms with E-state index in [2.05, 4.69) is 10.4 Å². The van der Waals surface area contributed by atoms with Crippen molar-refractivity contribution >= 4 is 38.3 Å². The molecule has 1 saturated heterocycles. The molecule has 4 aromatic rings. The fraction of sp³-hybridized carbons (Fsp3) is 0.250. The van der Waals surface area contributed by atoms with Crippen LogP contribution < -0.4 is 5.32 Å². The van der Waals surface area contributed by atoms with Crippen LogP contribution in [-0.4, -0.2) is 55.0 Å². The van der Waals surface area contributed by atoms with Crippen LogP contribution in [0.15, 0.2) is 65.6 Å². The summed E-state index contributed by atoms with van der Waals surface area (Å²) >= 11 is 0. The van der Waals surface area contributed by atoms with E-state index in [1.54, 1.807) is 31.2 Å². The highest BCUT2D eigenvalue weighted by atomic mass is 32.2. The number of piperidine rings is 1. The van der Waals surface area contributed by atoms with Gasteiger partial charge in [-0.15, -0.1) is 0 Å². The highest BCUT2D eigenvalue weighted by molar-refractivity contribution is 7.86. The number of amidine groups is 1. The van der Waals surface area contributed by atoms with E-state index < -0.39 is 21.8 Å². The molecule has 3 aromatic carbocycles. The van der Waals surface area contributed by atoms with Gasteiger partial charge in [-0.1, -0.05) is 24.3 Å². The van der Waals surface area contributed by atoms with Gasteiger partial charge in [-0.2, -0.15) is 13.5 Å². The summed E-state index contributed by atoms with van der Waals surface area (Å²) in [7, 11) is -3.10. The third-order valence-electron chi connectivity index (χ3n) is 6.77. The SMILES string of the molecule is COS(=O)(=O)c1cc2ccccc2cc1-n1nc(C)cc1C(=O)Nc1ccc(C(=N)N2CCCCC2)cc1F. The van der Waals surface area contributed by atoms with Gasteiger partial charge in [0.15, 0.2) is 0 Å². The molecular weight excluding hydrogens is 521 g/mol. The predicted octanol–water partition coefficient (Wildman–Crippen LogP) is 4.87. The molecule has 1 aliphatic heterocycles. The zero-order chi connectivity index (χ0) is 27.7. The number of hydrogen-bond donors (Lipinski definition) is 2. The van der Waals surface area contributed by atoms with Crippen LogP contribution in [0.25, 0.3) is 16.5 Å². The molecule has 9 nitrogen and oxygen atoms in total. The van der Waals surface area contributed by atoms with Crippen LogP contribution in [0, 0.1) is 18.2 Å². The predicted molar refractivity (Wildman–Crippen MR) is 147 cm³/mol. The molecule has 0 atom stereocenters. The average Bonchev–Trinajstić information content (AvgIpc) is 3.35. The molecular formula is C28H28FN5O4S. The van der Waals surface area contributed by atoms with E-state index in [1.165, 1.54) is 28.9 Å². The number of carbonyl (C=O) groups is 1. The second-order valence-electron chi connectivity index (χ2n) is 9.42. The Labute approximate surface area is 225 Å². The second-order valence-corrected chi connectivity index (χ2v) is 11.1. The summed E-state index contributed by atoms with van der Waals surface area (Å²) in [5.74, 6) is -1.11. The zero-order valence-corrected chi connectivity index (χ0v) is 22.4. The van der Waals surface area contributed by atoms with Crippen LogP contribution >= 0.6 is 0 Å². The van der Waals surface area contributed by atoms with Gasteiger partial charge in [0.25, 0.3) is 16.0 Å². The van der Waals surface area contributed by atoms with Gasteiger partial charge in [-0.05, 0) is 73.4 Å². The first-order valence-electron chi connectivity index (χ1n) is 12.5. The molecule has 0 unspecified atom stereocenters. The molecule has 39 heavy (non-hydrogen) atoms. The Hall–Kier alpha value is -4.09. The number of carbonyl (C=O) groups excluding carboxylic acids is 1. The van der Waals surface area contributed by atoms with Crippen molar-refractivity contribution in [2.45, 2.75) is 31.1 Å². The van der Waals surface area contributed by atoms with E-state index in [-0.39, 0.29) is 27.8 Å². The lowest BCUT2D eigenvalue weighted by Gasteiger charge is -2.29. The smallest absolute Gasteiger partial charge is 0.298 e. The maximum atomic E-state index is 15.1. The summed E-state index contributed by atoms with van der Waals surface area (Å²) in [4.78, 5) is 15.1. The van der Waals surface area contributed by atoms with E-state index in [4.69, 9.17) is 9.59 Å². The molecule has 5 rings (SSSR count). The molecule has 0 saturated carbocycles. The average molecular weight is 550 g/mol. The highest BCUT2D eigenvalue weighted by Crippen LogP contribution is 2.29. The third-order valence-corrected chi connectivity index (χ3v) is 8.08. The van der Waals surface area contributed by atoms with Crippen LogP contribution in [0.3, 0.4) is 0 Å². The van der Waals surface area contributed by atoms with Gasteiger partial charge in [0.2, 0.25) is 0 Å². The van der Waals surface area contributed by atoms with E-state index >= 15 is 4.39 Å². The Balaban J connectivity index is 1.49. The summed E-state index contributed by atoms with van der Waals surface area (Å²) in [6, 6.07) is 16.0. The summed E-state index contributed by atoms with van der Waals surface area (Å²) < 4.78 is 46.7. The second kappa shape index (κ2) is 10.6. The van der Waals surface area contributed by atoms with Crippen molar-refractivity contribution in [3.63, 3.8) is 0 Å². The van der Waals surface area contributed by atoms with Crippen LogP contribution in [0.4, 0.5) is 10.1 Å². The van der Waals surface area contributed by atoms with Gasteiger partial charge in [0.1, 0.15) is 22.2 Å². The zero-order valence-electron chi connectivity index (χ0n) is 21.6.